The number of fused-ring (bicyclic) bond motifs is 1. The van der Waals surface area contributed by atoms with Gasteiger partial charge in [-0.05, 0) is 36.4 Å². The minimum Gasteiger partial charge on any atom is -0.425 e. The van der Waals surface area contributed by atoms with E-state index in [9.17, 15) is 9.59 Å². The highest BCUT2D eigenvalue weighted by Crippen LogP contribution is 2.15. The minimum absolute atomic E-state index is 0.209. The standard InChI is InChI=1S/C16H11ClN2O3/c17-11-5-7-12(8-6-11)22-15(20)9-19-10-18-14-4-2-1-3-13(14)16(19)21/h1-8,10H,9H2. The lowest BCUT2D eigenvalue weighted by molar-refractivity contribution is -0.135. The molecule has 0 bridgehead atoms. The second-order valence-corrected chi connectivity index (χ2v) is 5.06. The quantitative estimate of drug-likeness (QED) is 0.551. The van der Waals surface area contributed by atoms with Gasteiger partial charge in [0, 0.05) is 5.02 Å². The molecule has 6 heteroatoms. The van der Waals surface area contributed by atoms with Crippen molar-refractivity contribution >= 4 is 28.5 Å². The molecule has 0 N–H and O–H groups in total. The monoisotopic (exact) mass is 314 g/mol. The number of hydrogen-bond donors (Lipinski definition) is 0. The Bertz CT molecular complexity index is 888. The summed E-state index contributed by atoms with van der Waals surface area (Å²) in [5, 5.41) is 1.01. The Balaban J connectivity index is 1.81. The molecule has 0 saturated heterocycles. The van der Waals surface area contributed by atoms with E-state index in [4.69, 9.17) is 16.3 Å². The van der Waals surface area contributed by atoms with Gasteiger partial charge in [-0.25, -0.2) is 9.78 Å². The fourth-order valence-electron chi connectivity index (χ4n) is 2.02. The summed E-state index contributed by atoms with van der Waals surface area (Å²) in [6.07, 6.45) is 1.34. The minimum atomic E-state index is -0.554. The Hall–Kier alpha value is -2.66. The summed E-state index contributed by atoms with van der Waals surface area (Å²) < 4.78 is 6.38. The number of ether oxygens (including phenoxy) is 1. The molecule has 2 aromatic carbocycles. The van der Waals surface area contributed by atoms with E-state index in [1.165, 1.54) is 10.9 Å². The van der Waals surface area contributed by atoms with Gasteiger partial charge in [0.2, 0.25) is 0 Å². The first-order valence-electron chi connectivity index (χ1n) is 6.54. The normalized spacial score (nSPS) is 10.6. The molecule has 0 aliphatic rings. The van der Waals surface area contributed by atoms with Crippen molar-refractivity contribution in [1.82, 2.24) is 9.55 Å². The van der Waals surface area contributed by atoms with Crippen LogP contribution in [0.4, 0.5) is 0 Å². The number of benzene rings is 2. The van der Waals surface area contributed by atoms with Gasteiger partial charge >= 0.3 is 5.97 Å². The molecule has 0 atom stereocenters. The second-order valence-electron chi connectivity index (χ2n) is 4.62. The van der Waals surface area contributed by atoms with Gasteiger partial charge in [-0.3, -0.25) is 9.36 Å². The van der Waals surface area contributed by atoms with Crippen molar-refractivity contribution in [3.8, 4) is 5.75 Å². The Morgan fingerprint density at radius 2 is 1.86 bits per heavy atom. The molecule has 1 heterocycles. The van der Waals surface area contributed by atoms with Crippen molar-refractivity contribution in [2.75, 3.05) is 0 Å². The van der Waals surface area contributed by atoms with Crippen LogP contribution in [-0.4, -0.2) is 15.5 Å². The third-order valence-corrected chi connectivity index (χ3v) is 3.33. The first-order valence-corrected chi connectivity index (χ1v) is 6.92. The molecule has 0 fully saturated rings. The van der Waals surface area contributed by atoms with Crippen LogP contribution in [0.2, 0.25) is 5.02 Å². The molecule has 5 nitrogen and oxygen atoms in total. The van der Waals surface area contributed by atoms with Gasteiger partial charge in [-0.2, -0.15) is 0 Å². The molecule has 0 spiro atoms. The smallest absolute Gasteiger partial charge is 0.331 e. The van der Waals surface area contributed by atoms with E-state index in [1.807, 2.05) is 0 Å². The number of hydrogen-bond acceptors (Lipinski definition) is 4. The van der Waals surface area contributed by atoms with Crippen molar-refractivity contribution in [2.24, 2.45) is 0 Å². The Kier molecular flexibility index (Phi) is 3.89. The van der Waals surface area contributed by atoms with Gasteiger partial charge in [0.05, 0.1) is 17.2 Å². The van der Waals surface area contributed by atoms with Crippen molar-refractivity contribution < 1.29 is 9.53 Å². The first kappa shape index (κ1) is 14.3. The van der Waals surface area contributed by atoms with Crippen LogP contribution in [0.1, 0.15) is 0 Å². The molecule has 22 heavy (non-hydrogen) atoms. The second kappa shape index (κ2) is 5.99. The zero-order valence-electron chi connectivity index (χ0n) is 11.4. The first-order chi connectivity index (χ1) is 10.6. The molecule has 1 aromatic heterocycles. The number of carbonyl (C=O) groups excluding carboxylic acids is 1. The number of carbonyl (C=O) groups is 1. The zero-order valence-corrected chi connectivity index (χ0v) is 12.2. The Morgan fingerprint density at radius 1 is 1.14 bits per heavy atom. The SMILES string of the molecule is O=C(Cn1cnc2ccccc2c1=O)Oc1ccc(Cl)cc1. The third-order valence-electron chi connectivity index (χ3n) is 3.08. The van der Waals surface area contributed by atoms with Crippen LogP contribution in [-0.2, 0) is 11.3 Å². The van der Waals surface area contributed by atoms with E-state index in [0.29, 0.717) is 21.7 Å². The molecule has 3 aromatic rings. The van der Waals surface area contributed by atoms with Crippen molar-refractivity contribution in [3.63, 3.8) is 0 Å². The molecule has 0 saturated carbocycles. The molecule has 3 rings (SSSR count). The lowest BCUT2D eigenvalue weighted by atomic mass is 10.2. The topological polar surface area (TPSA) is 61.2 Å². The van der Waals surface area contributed by atoms with Crippen LogP contribution in [0.3, 0.4) is 0 Å². The summed E-state index contributed by atoms with van der Waals surface area (Å²) in [6.45, 7) is -0.209. The molecule has 110 valence electrons. The van der Waals surface area contributed by atoms with Crippen LogP contribution >= 0.6 is 11.6 Å². The number of para-hydroxylation sites is 1. The molecule has 0 radical (unpaired) electrons. The van der Waals surface area contributed by atoms with E-state index in [2.05, 4.69) is 4.98 Å². The highest BCUT2D eigenvalue weighted by atomic mass is 35.5. The maximum absolute atomic E-state index is 12.3. The van der Waals surface area contributed by atoms with Gasteiger partial charge in [0.1, 0.15) is 12.3 Å². The lowest BCUT2D eigenvalue weighted by Gasteiger charge is -2.07. The summed E-state index contributed by atoms with van der Waals surface area (Å²) in [5.41, 5.74) is 0.313. The molecule has 0 amide bonds. The van der Waals surface area contributed by atoms with Gasteiger partial charge in [0.15, 0.2) is 0 Å². The average molecular weight is 315 g/mol. The summed E-state index contributed by atoms with van der Waals surface area (Å²) in [4.78, 5) is 28.3. The van der Waals surface area contributed by atoms with Crippen LogP contribution < -0.4 is 10.3 Å². The zero-order chi connectivity index (χ0) is 15.5. The summed E-state index contributed by atoms with van der Waals surface area (Å²) in [6, 6.07) is 13.4. The van der Waals surface area contributed by atoms with E-state index < -0.39 is 5.97 Å². The third kappa shape index (κ3) is 2.99. The molecule has 0 aliphatic heterocycles. The predicted molar refractivity (Wildman–Crippen MR) is 83.1 cm³/mol. The highest BCUT2D eigenvalue weighted by molar-refractivity contribution is 6.30. The van der Waals surface area contributed by atoms with Gasteiger partial charge in [-0.1, -0.05) is 23.7 Å². The predicted octanol–water partition coefficient (Wildman–Crippen LogP) is 2.66. The number of esters is 1. The summed E-state index contributed by atoms with van der Waals surface area (Å²) >= 11 is 5.76. The molecule has 0 unspecified atom stereocenters. The molecular formula is C16H11ClN2O3. The van der Waals surface area contributed by atoms with E-state index in [-0.39, 0.29) is 12.1 Å². The summed E-state index contributed by atoms with van der Waals surface area (Å²) in [7, 11) is 0. The Morgan fingerprint density at radius 3 is 2.64 bits per heavy atom. The van der Waals surface area contributed by atoms with Gasteiger partial charge in [0.25, 0.3) is 5.56 Å². The van der Waals surface area contributed by atoms with Gasteiger partial charge < -0.3 is 4.74 Å². The number of nitrogens with zero attached hydrogens (tertiary/aromatic N) is 2. The molecular weight excluding hydrogens is 304 g/mol. The maximum atomic E-state index is 12.3. The highest BCUT2D eigenvalue weighted by Gasteiger charge is 2.09. The fourth-order valence-corrected chi connectivity index (χ4v) is 2.15. The number of halogens is 1. The van der Waals surface area contributed by atoms with E-state index >= 15 is 0 Å². The van der Waals surface area contributed by atoms with Crippen molar-refractivity contribution in [2.45, 2.75) is 6.54 Å². The largest absolute Gasteiger partial charge is 0.425 e. The number of rotatable bonds is 3. The van der Waals surface area contributed by atoms with E-state index in [1.54, 1.807) is 48.5 Å². The van der Waals surface area contributed by atoms with Gasteiger partial charge in [-0.15, -0.1) is 0 Å². The van der Waals surface area contributed by atoms with E-state index in [0.717, 1.165) is 0 Å². The average Bonchev–Trinajstić information content (AvgIpc) is 2.53. The maximum Gasteiger partial charge on any atom is 0.331 e. The fraction of sp³-hybridized carbons (Fsp3) is 0.0625. The van der Waals surface area contributed by atoms with Crippen LogP contribution in [0.25, 0.3) is 10.9 Å². The number of aromatic nitrogens is 2. The lowest BCUT2D eigenvalue weighted by Crippen LogP contribution is -2.26. The van der Waals surface area contributed by atoms with Crippen LogP contribution in [0.15, 0.2) is 59.7 Å². The van der Waals surface area contributed by atoms with Crippen molar-refractivity contribution in [3.05, 3.63) is 70.2 Å². The van der Waals surface area contributed by atoms with Crippen LogP contribution in [0, 0.1) is 0 Å². The molecule has 0 aliphatic carbocycles. The Labute approximate surface area is 130 Å². The van der Waals surface area contributed by atoms with Crippen molar-refractivity contribution in [1.29, 1.82) is 0 Å². The summed E-state index contributed by atoms with van der Waals surface area (Å²) in [5.74, 6) is -0.183. The van der Waals surface area contributed by atoms with Crippen LogP contribution in [0.5, 0.6) is 5.75 Å².